The van der Waals surface area contributed by atoms with E-state index in [9.17, 15) is 4.79 Å². The van der Waals surface area contributed by atoms with E-state index in [-0.39, 0.29) is 12.5 Å². The van der Waals surface area contributed by atoms with Crippen molar-refractivity contribution in [1.29, 1.82) is 0 Å². The lowest BCUT2D eigenvalue weighted by atomic mass is 10.2. The van der Waals surface area contributed by atoms with Crippen LogP contribution in [0.4, 0.5) is 11.4 Å². The molecule has 0 atom stereocenters. The molecule has 2 aromatic carbocycles. The molecule has 128 valence electrons. The number of halogens is 1. The Morgan fingerprint density at radius 3 is 2.67 bits per heavy atom. The molecule has 0 saturated carbocycles. The van der Waals surface area contributed by atoms with E-state index in [1.165, 1.54) is 5.56 Å². The highest BCUT2D eigenvalue weighted by atomic mass is 35.5. The minimum absolute atomic E-state index is 0.118. The van der Waals surface area contributed by atoms with E-state index in [4.69, 9.17) is 16.3 Å². The molecule has 2 rings (SSSR count). The Morgan fingerprint density at radius 1 is 1.17 bits per heavy atom. The third-order valence-corrected chi connectivity index (χ3v) is 3.66. The maximum absolute atomic E-state index is 11.8. The number of amides is 1. The Balaban J connectivity index is 1.84. The number of benzene rings is 2. The van der Waals surface area contributed by atoms with Gasteiger partial charge >= 0.3 is 0 Å². The molecule has 6 heteroatoms. The highest BCUT2D eigenvalue weighted by molar-refractivity contribution is 6.33. The van der Waals surface area contributed by atoms with Crippen molar-refractivity contribution < 1.29 is 9.53 Å². The second kappa shape index (κ2) is 9.93. The summed E-state index contributed by atoms with van der Waals surface area (Å²) < 4.78 is 4.91. The minimum Gasteiger partial charge on any atom is -0.383 e. The van der Waals surface area contributed by atoms with Gasteiger partial charge in [0.15, 0.2) is 0 Å². The molecule has 0 unspecified atom stereocenters. The van der Waals surface area contributed by atoms with Gasteiger partial charge in [-0.3, -0.25) is 4.79 Å². The first kappa shape index (κ1) is 18.3. The predicted molar refractivity (Wildman–Crippen MR) is 98.6 cm³/mol. The first-order valence-corrected chi connectivity index (χ1v) is 8.13. The Hall–Kier alpha value is -2.08. The van der Waals surface area contributed by atoms with Gasteiger partial charge in [-0.2, -0.15) is 0 Å². The molecule has 3 N–H and O–H groups in total. The topological polar surface area (TPSA) is 62.4 Å². The first-order valence-electron chi connectivity index (χ1n) is 7.76. The van der Waals surface area contributed by atoms with E-state index in [0.717, 1.165) is 5.69 Å². The largest absolute Gasteiger partial charge is 0.383 e. The van der Waals surface area contributed by atoms with Crippen molar-refractivity contribution in [3.05, 3.63) is 59.1 Å². The molecule has 0 spiro atoms. The molecule has 2 aromatic rings. The zero-order valence-corrected chi connectivity index (χ0v) is 14.4. The molecule has 5 nitrogen and oxygen atoms in total. The molecule has 0 aliphatic heterocycles. The quantitative estimate of drug-likeness (QED) is 0.610. The molecular formula is C18H22ClN3O2. The molecular weight excluding hydrogens is 326 g/mol. The van der Waals surface area contributed by atoms with Crippen LogP contribution in [0.3, 0.4) is 0 Å². The Kier molecular flexibility index (Phi) is 7.55. The van der Waals surface area contributed by atoms with Gasteiger partial charge in [0.25, 0.3) is 0 Å². The molecule has 0 radical (unpaired) electrons. The van der Waals surface area contributed by atoms with Gasteiger partial charge in [0.05, 0.1) is 23.9 Å². The maximum atomic E-state index is 11.8. The van der Waals surface area contributed by atoms with Crippen molar-refractivity contribution in [2.45, 2.75) is 6.54 Å². The average Bonchev–Trinajstić information content (AvgIpc) is 2.59. The number of carbonyl (C=O) groups excluding carboxylic acids is 1. The summed E-state index contributed by atoms with van der Waals surface area (Å²) in [6.07, 6.45) is 0. The fraction of sp³-hybridized carbons (Fsp3) is 0.278. The molecule has 0 fully saturated rings. The number of methoxy groups -OCH3 is 1. The lowest BCUT2D eigenvalue weighted by molar-refractivity contribution is -0.115. The van der Waals surface area contributed by atoms with Crippen LogP contribution in [0.2, 0.25) is 5.02 Å². The van der Waals surface area contributed by atoms with Crippen LogP contribution in [0, 0.1) is 0 Å². The highest BCUT2D eigenvalue weighted by Gasteiger charge is 2.05. The lowest BCUT2D eigenvalue weighted by Gasteiger charge is -2.11. The Labute approximate surface area is 147 Å². The van der Waals surface area contributed by atoms with E-state index in [2.05, 4.69) is 16.0 Å². The molecule has 24 heavy (non-hydrogen) atoms. The van der Waals surface area contributed by atoms with Gasteiger partial charge in [-0.25, -0.2) is 0 Å². The van der Waals surface area contributed by atoms with Gasteiger partial charge in [0, 0.05) is 25.9 Å². The number of carbonyl (C=O) groups is 1. The van der Waals surface area contributed by atoms with Gasteiger partial charge in [0.2, 0.25) is 5.91 Å². The van der Waals surface area contributed by atoms with Crippen LogP contribution in [-0.2, 0) is 16.1 Å². The zero-order chi connectivity index (χ0) is 17.2. The second-order valence-corrected chi connectivity index (χ2v) is 5.66. The fourth-order valence-electron chi connectivity index (χ4n) is 2.11. The minimum atomic E-state index is -0.118. The van der Waals surface area contributed by atoms with E-state index >= 15 is 0 Å². The van der Waals surface area contributed by atoms with Crippen LogP contribution < -0.4 is 16.0 Å². The van der Waals surface area contributed by atoms with Crippen LogP contribution in [0.1, 0.15) is 5.56 Å². The normalized spacial score (nSPS) is 10.4. The van der Waals surface area contributed by atoms with Gasteiger partial charge < -0.3 is 20.7 Å². The monoisotopic (exact) mass is 347 g/mol. The summed E-state index contributed by atoms with van der Waals surface area (Å²) in [5.74, 6) is -0.118. The number of hydrogen-bond donors (Lipinski definition) is 3. The van der Waals surface area contributed by atoms with Crippen molar-refractivity contribution >= 4 is 28.9 Å². The van der Waals surface area contributed by atoms with Crippen molar-refractivity contribution in [3.63, 3.8) is 0 Å². The summed E-state index contributed by atoms with van der Waals surface area (Å²) in [4.78, 5) is 11.8. The fourth-order valence-corrected chi connectivity index (χ4v) is 2.36. The summed E-state index contributed by atoms with van der Waals surface area (Å²) in [6.45, 7) is 2.12. The van der Waals surface area contributed by atoms with Crippen LogP contribution in [-0.4, -0.2) is 32.7 Å². The average molecular weight is 348 g/mol. The molecule has 0 saturated heterocycles. The predicted octanol–water partition coefficient (Wildman–Crippen LogP) is 3.13. The summed E-state index contributed by atoms with van der Waals surface area (Å²) in [5.41, 5.74) is 2.67. The van der Waals surface area contributed by atoms with Gasteiger partial charge in [-0.15, -0.1) is 0 Å². The number of nitrogens with one attached hydrogen (secondary N) is 3. The van der Waals surface area contributed by atoms with E-state index in [0.29, 0.717) is 30.4 Å². The molecule has 1 amide bonds. The van der Waals surface area contributed by atoms with Crippen LogP contribution >= 0.6 is 11.6 Å². The third-order valence-electron chi connectivity index (χ3n) is 3.35. The lowest BCUT2D eigenvalue weighted by Crippen LogP contribution is -2.30. The zero-order valence-electron chi connectivity index (χ0n) is 13.6. The van der Waals surface area contributed by atoms with Crippen LogP contribution in [0.25, 0.3) is 0 Å². The summed E-state index contributed by atoms with van der Waals surface area (Å²) in [5, 5.41) is 9.65. The van der Waals surface area contributed by atoms with Crippen LogP contribution in [0.5, 0.6) is 0 Å². The first-order chi connectivity index (χ1) is 11.7. The Morgan fingerprint density at radius 2 is 1.96 bits per heavy atom. The van der Waals surface area contributed by atoms with E-state index in [1.807, 2.05) is 42.5 Å². The van der Waals surface area contributed by atoms with Crippen molar-refractivity contribution in [1.82, 2.24) is 5.32 Å². The number of anilines is 2. The summed E-state index contributed by atoms with van der Waals surface area (Å²) in [6, 6.07) is 15.5. The van der Waals surface area contributed by atoms with Crippen molar-refractivity contribution in [3.8, 4) is 0 Å². The highest BCUT2D eigenvalue weighted by Crippen LogP contribution is 2.26. The van der Waals surface area contributed by atoms with Gasteiger partial charge in [-0.05, 0) is 23.8 Å². The van der Waals surface area contributed by atoms with Crippen molar-refractivity contribution in [2.24, 2.45) is 0 Å². The third kappa shape index (κ3) is 6.20. The molecule has 0 bridgehead atoms. The molecule has 0 aliphatic carbocycles. The van der Waals surface area contributed by atoms with Crippen LogP contribution in [0.15, 0.2) is 48.5 Å². The standard InChI is InChI=1S/C18H22ClN3O2/c1-24-10-9-20-13-18(23)22-15-7-8-17(16(19)11-15)21-12-14-5-3-2-4-6-14/h2-8,11,20-21H,9-10,12-13H2,1H3,(H,22,23). The molecule has 0 heterocycles. The van der Waals surface area contributed by atoms with E-state index < -0.39 is 0 Å². The smallest absolute Gasteiger partial charge is 0.238 e. The van der Waals surface area contributed by atoms with Crippen molar-refractivity contribution in [2.75, 3.05) is 37.4 Å². The Bertz CT molecular complexity index is 650. The summed E-state index contributed by atoms with van der Waals surface area (Å²) >= 11 is 6.28. The molecule has 0 aliphatic rings. The number of hydrogen-bond acceptors (Lipinski definition) is 4. The molecule has 0 aromatic heterocycles. The van der Waals surface area contributed by atoms with Gasteiger partial charge in [0.1, 0.15) is 0 Å². The second-order valence-electron chi connectivity index (χ2n) is 5.25. The SMILES string of the molecule is COCCNCC(=O)Nc1ccc(NCc2ccccc2)c(Cl)c1. The number of ether oxygens (including phenoxy) is 1. The van der Waals surface area contributed by atoms with E-state index in [1.54, 1.807) is 13.2 Å². The maximum Gasteiger partial charge on any atom is 0.238 e. The van der Waals surface area contributed by atoms with Gasteiger partial charge in [-0.1, -0.05) is 41.9 Å². The summed E-state index contributed by atoms with van der Waals surface area (Å²) in [7, 11) is 1.62. The number of rotatable bonds is 9.